The summed E-state index contributed by atoms with van der Waals surface area (Å²) in [5, 5.41) is 9.45. The van der Waals surface area contributed by atoms with E-state index in [1.54, 1.807) is 13.0 Å². The Bertz CT molecular complexity index is 872. The van der Waals surface area contributed by atoms with Crippen molar-refractivity contribution in [1.82, 2.24) is 0 Å². The van der Waals surface area contributed by atoms with Gasteiger partial charge in [0.25, 0.3) is 0 Å². The first kappa shape index (κ1) is 15.7. The molecule has 25 heavy (non-hydrogen) atoms. The summed E-state index contributed by atoms with van der Waals surface area (Å²) in [7, 11) is 0. The van der Waals surface area contributed by atoms with Crippen molar-refractivity contribution in [3.63, 3.8) is 0 Å². The van der Waals surface area contributed by atoms with Crippen molar-refractivity contribution < 1.29 is 24.2 Å². The third-order valence-electron chi connectivity index (χ3n) is 5.32. The largest absolute Gasteiger partial charge is 0.489 e. The van der Waals surface area contributed by atoms with Crippen molar-refractivity contribution in [1.29, 1.82) is 0 Å². The van der Waals surface area contributed by atoms with Gasteiger partial charge in [-0.2, -0.15) is 0 Å². The zero-order valence-electron chi connectivity index (χ0n) is 13.8. The number of carbonyl (C=O) groups excluding carboxylic acids is 1. The van der Waals surface area contributed by atoms with Gasteiger partial charge in [0.05, 0.1) is 5.56 Å². The molecule has 1 heterocycles. The second-order valence-corrected chi connectivity index (χ2v) is 6.77. The summed E-state index contributed by atoms with van der Waals surface area (Å²) >= 11 is 0. The zero-order valence-corrected chi connectivity index (χ0v) is 13.8. The van der Waals surface area contributed by atoms with Gasteiger partial charge in [0.15, 0.2) is 0 Å². The Balaban J connectivity index is 1.72. The SMILES string of the molecule is CC1(C(=O)O)CCC1Oc1ccccc1-c1cccc2c1COC2=O. The van der Waals surface area contributed by atoms with E-state index in [4.69, 9.17) is 9.47 Å². The molecule has 2 aromatic rings. The quantitative estimate of drug-likeness (QED) is 0.861. The number of hydrogen-bond acceptors (Lipinski definition) is 4. The lowest BCUT2D eigenvalue weighted by molar-refractivity contribution is -0.163. The van der Waals surface area contributed by atoms with Gasteiger partial charge >= 0.3 is 11.9 Å². The fraction of sp³-hybridized carbons (Fsp3) is 0.300. The van der Waals surface area contributed by atoms with E-state index < -0.39 is 11.4 Å². The van der Waals surface area contributed by atoms with Crippen LogP contribution in [0.15, 0.2) is 42.5 Å². The van der Waals surface area contributed by atoms with E-state index in [1.807, 2.05) is 36.4 Å². The minimum absolute atomic E-state index is 0.245. The lowest BCUT2D eigenvalue weighted by Gasteiger charge is -2.43. The molecule has 2 aliphatic rings. The molecule has 0 bridgehead atoms. The Labute approximate surface area is 145 Å². The van der Waals surface area contributed by atoms with Crippen molar-refractivity contribution in [2.75, 3.05) is 0 Å². The molecule has 4 rings (SSSR count). The molecule has 1 aliphatic heterocycles. The van der Waals surface area contributed by atoms with Crippen LogP contribution in [-0.4, -0.2) is 23.1 Å². The number of aliphatic carboxylic acids is 1. The summed E-state index contributed by atoms with van der Waals surface area (Å²) in [6.07, 6.45) is 0.963. The lowest BCUT2D eigenvalue weighted by atomic mass is 9.67. The molecule has 1 aliphatic carbocycles. The molecule has 2 unspecified atom stereocenters. The number of para-hydroxylation sites is 1. The minimum Gasteiger partial charge on any atom is -0.489 e. The molecule has 0 aromatic heterocycles. The molecule has 0 radical (unpaired) electrons. The van der Waals surface area contributed by atoms with Gasteiger partial charge in [-0.3, -0.25) is 4.79 Å². The van der Waals surface area contributed by atoms with Crippen LogP contribution in [0, 0.1) is 5.41 Å². The number of rotatable bonds is 4. The van der Waals surface area contributed by atoms with Crippen LogP contribution in [-0.2, 0) is 16.1 Å². The Hall–Kier alpha value is -2.82. The van der Waals surface area contributed by atoms with Crippen LogP contribution in [0.25, 0.3) is 11.1 Å². The highest BCUT2D eigenvalue weighted by Gasteiger charge is 2.51. The number of cyclic esters (lactones) is 1. The lowest BCUT2D eigenvalue weighted by Crippen LogP contribution is -2.51. The summed E-state index contributed by atoms with van der Waals surface area (Å²) in [6.45, 7) is 1.97. The fourth-order valence-electron chi connectivity index (χ4n) is 3.48. The van der Waals surface area contributed by atoms with Gasteiger partial charge in [-0.05, 0) is 37.5 Å². The van der Waals surface area contributed by atoms with E-state index in [-0.39, 0.29) is 18.7 Å². The van der Waals surface area contributed by atoms with E-state index >= 15 is 0 Å². The first-order chi connectivity index (χ1) is 12.0. The molecule has 2 atom stereocenters. The molecule has 5 nitrogen and oxygen atoms in total. The number of fused-ring (bicyclic) bond motifs is 1. The van der Waals surface area contributed by atoms with E-state index in [9.17, 15) is 14.7 Å². The molecule has 2 aromatic carbocycles. The van der Waals surface area contributed by atoms with Crippen LogP contribution in [0.3, 0.4) is 0 Å². The number of ether oxygens (including phenoxy) is 2. The van der Waals surface area contributed by atoms with Crippen LogP contribution in [0.4, 0.5) is 0 Å². The van der Waals surface area contributed by atoms with Crippen molar-refractivity contribution in [3.05, 3.63) is 53.6 Å². The highest BCUT2D eigenvalue weighted by Crippen LogP contribution is 2.45. The first-order valence-electron chi connectivity index (χ1n) is 8.29. The van der Waals surface area contributed by atoms with Gasteiger partial charge in [0, 0.05) is 11.1 Å². The topological polar surface area (TPSA) is 72.8 Å². The molecule has 0 saturated heterocycles. The zero-order chi connectivity index (χ0) is 17.6. The van der Waals surface area contributed by atoms with Crippen LogP contribution in [0.2, 0.25) is 0 Å². The second kappa shape index (κ2) is 5.62. The molecule has 1 N–H and O–H groups in total. The van der Waals surface area contributed by atoms with Crippen LogP contribution in [0.5, 0.6) is 5.75 Å². The number of hydrogen-bond donors (Lipinski definition) is 1. The molecule has 5 heteroatoms. The molecule has 0 spiro atoms. The summed E-state index contributed by atoms with van der Waals surface area (Å²) in [5.74, 6) is -0.513. The van der Waals surface area contributed by atoms with Gasteiger partial charge in [0.1, 0.15) is 23.9 Å². The van der Waals surface area contributed by atoms with E-state index in [2.05, 4.69) is 0 Å². The summed E-state index contributed by atoms with van der Waals surface area (Å²) in [4.78, 5) is 23.3. The maximum absolute atomic E-state index is 11.8. The highest BCUT2D eigenvalue weighted by molar-refractivity contribution is 5.96. The van der Waals surface area contributed by atoms with Gasteiger partial charge < -0.3 is 14.6 Å². The van der Waals surface area contributed by atoms with E-state index in [0.717, 1.165) is 16.7 Å². The molecular formula is C20H18O5. The third kappa shape index (κ3) is 2.38. The molecule has 1 fully saturated rings. The highest BCUT2D eigenvalue weighted by atomic mass is 16.5. The minimum atomic E-state index is -0.856. The summed E-state index contributed by atoms with van der Waals surface area (Å²) in [6, 6.07) is 13.0. The van der Waals surface area contributed by atoms with Crippen molar-refractivity contribution in [3.8, 4) is 16.9 Å². The van der Waals surface area contributed by atoms with E-state index in [0.29, 0.717) is 24.2 Å². The van der Waals surface area contributed by atoms with Crippen LogP contribution < -0.4 is 4.74 Å². The number of carboxylic acids is 1. The third-order valence-corrected chi connectivity index (χ3v) is 5.32. The summed E-state index contributed by atoms with van der Waals surface area (Å²) < 4.78 is 11.2. The normalized spacial score (nSPS) is 24.2. The Morgan fingerprint density at radius 2 is 1.88 bits per heavy atom. The predicted molar refractivity (Wildman–Crippen MR) is 90.4 cm³/mol. The fourth-order valence-corrected chi connectivity index (χ4v) is 3.48. The number of benzene rings is 2. The Morgan fingerprint density at radius 1 is 1.16 bits per heavy atom. The standard InChI is InChI=1S/C20H18O5/c1-20(19(22)23)10-9-17(20)25-16-8-3-2-5-13(16)12-6-4-7-14-15(12)11-24-18(14)21/h2-8,17H,9-11H2,1H3,(H,22,23). The Morgan fingerprint density at radius 3 is 2.60 bits per heavy atom. The molecule has 1 saturated carbocycles. The maximum atomic E-state index is 11.8. The Kier molecular flexibility index (Phi) is 3.53. The number of carboxylic acid groups (broad SMARTS) is 1. The number of esters is 1. The maximum Gasteiger partial charge on any atom is 0.338 e. The van der Waals surface area contributed by atoms with Crippen molar-refractivity contribution in [2.24, 2.45) is 5.41 Å². The predicted octanol–water partition coefficient (Wildman–Crippen LogP) is 3.66. The number of carbonyl (C=O) groups is 2. The second-order valence-electron chi connectivity index (χ2n) is 6.77. The average Bonchev–Trinajstić information content (AvgIpc) is 2.99. The molecule has 0 amide bonds. The van der Waals surface area contributed by atoms with Gasteiger partial charge in [0.2, 0.25) is 0 Å². The first-order valence-corrected chi connectivity index (χ1v) is 8.29. The monoisotopic (exact) mass is 338 g/mol. The van der Waals surface area contributed by atoms with E-state index in [1.165, 1.54) is 0 Å². The van der Waals surface area contributed by atoms with Crippen LogP contribution in [0.1, 0.15) is 35.7 Å². The average molecular weight is 338 g/mol. The summed E-state index contributed by atoms with van der Waals surface area (Å²) in [5.41, 5.74) is 2.29. The van der Waals surface area contributed by atoms with Crippen molar-refractivity contribution in [2.45, 2.75) is 32.5 Å². The van der Waals surface area contributed by atoms with Crippen LogP contribution >= 0.6 is 0 Å². The molecule has 128 valence electrons. The molecular weight excluding hydrogens is 320 g/mol. The van der Waals surface area contributed by atoms with Gasteiger partial charge in [-0.15, -0.1) is 0 Å². The van der Waals surface area contributed by atoms with Gasteiger partial charge in [-0.1, -0.05) is 30.3 Å². The van der Waals surface area contributed by atoms with Gasteiger partial charge in [-0.25, -0.2) is 4.79 Å². The smallest absolute Gasteiger partial charge is 0.338 e. The van der Waals surface area contributed by atoms with Crippen molar-refractivity contribution >= 4 is 11.9 Å².